The minimum atomic E-state index is -1.03. The maximum Gasteiger partial charge on any atom is 0.326 e. The number of aromatic nitrogens is 1. The van der Waals surface area contributed by atoms with E-state index in [0.717, 1.165) is 36.3 Å². The molecule has 1 aromatic carbocycles. The Labute approximate surface area is 190 Å². The van der Waals surface area contributed by atoms with Crippen LogP contribution in [0.2, 0.25) is 0 Å². The Hall–Kier alpha value is -3.09. The molecule has 1 heterocycles. The van der Waals surface area contributed by atoms with Crippen LogP contribution in [0, 0.1) is 5.92 Å². The van der Waals surface area contributed by atoms with Crippen molar-refractivity contribution >= 4 is 17.7 Å². The van der Waals surface area contributed by atoms with E-state index in [0.29, 0.717) is 25.2 Å². The summed E-state index contributed by atoms with van der Waals surface area (Å²) in [4.78, 5) is 28.7. The maximum atomic E-state index is 12.5. The number of amides is 1. The van der Waals surface area contributed by atoms with Crippen LogP contribution in [0.25, 0.3) is 0 Å². The third-order valence-electron chi connectivity index (χ3n) is 5.44. The molecule has 1 amide bonds. The maximum absolute atomic E-state index is 12.5. The number of carboxylic acid groups (broad SMARTS) is 1. The molecule has 0 saturated carbocycles. The number of carbonyl (C=O) groups excluding carboxylic acids is 1. The number of carbonyl (C=O) groups is 2. The molecule has 0 aliphatic carbocycles. The lowest BCUT2D eigenvalue weighted by Gasteiger charge is -2.19. The minimum Gasteiger partial charge on any atom is -0.493 e. The van der Waals surface area contributed by atoms with Crippen LogP contribution in [0.15, 0.2) is 42.5 Å². The molecule has 1 unspecified atom stereocenters. The summed E-state index contributed by atoms with van der Waals surface area (Å²) in [6, 6.07) is 12.2. The van der Waals surface area contributed by atoms with Crippen molar-refractivity contribution in [1.82, 2.24) is 10.3 Å². The first-order valence-corrected chi connectivity index (χ1v) is 11.3. The largest absolute Gasteiger partial charge is 0.493 e. The highest BCUT2D eigenvalue weighted by molar-refractivity contribution is 5.85. The number of hydrogen-bond acceptors (Lipinski definition) is 5. The van der Waals surface area contributed by atoms with Gasteiger partial charge < -0.3 is 20.5 Å². The summed E-state index contributed by atoms with van der Waals surface area (Å²) < 4.78 is 5.79. The second kappa shape index (κ2) is 13.3. The van der Waals surface area contributed by atoms with E-state index in [9.17, 15) is 14.7 Å². The van der Waals surface area contributed by atoms with E-state index in [-0.39, 0.29) is 18.2 Å². The first kappa shape index (κ1) is 25.2. The predicted octanol–water partition coefficient (Wildman–Crippen LogP) is 4.07. The number of ether oxygens (including phenoxy) is 1. The minimum absolute atomic E-state index is 0.143. The fourth-order valence-electron chi connectivity index (χ4n) is 3.45. The summed E-state index contributed by atoms with van der Waals surface area (Å²) in [7, 11) is 1.83. The first-order chi connectivity index (χ1) is 15.5. The molecule has 7 heteroatoms. The lowest BCUT2D eigenvalue weighted by Crippen LogP contribution is -2.44. The number of carboxylic acids is 1. The van der Waals surface area contributed by atoms with Crippen molar-refractivity contribution < 1.29 is 19.4 Å². The van der Waals surface area contributed by atoms with Crippen LogP contribution < -0.4 is 15.4 Å². The molecule has 0 fully saturated rings. The number of unbranched alkanes of at least 4 members (excludes halogenated alkanes) is 1. The highest BCUT2D eigenvalue weighted by Gasteiger charge is 2.24. The van der Waals surface area contributed by atoms with Crippen LogP contribution in [0.1, 0.15) is 50.8 Å². The topological polar surface area (TPSA) is 101 Å². The Kier molecular flexibility index (Phi) is 10.5. The molecule has 0 aliphatic heterocycles. The lowest BCUT2D eigenvalue weighted by molar-refractivity contribution is -0.142. The average molecular weight is 442 g/mol. The van der Waals surface area contributed by atoms with Gasteiger partial charge in [0.2, 0.25) is 5.91 Å². The molecule has 32 heavy (non-hydrogen) atoms. The molecule has 0 saturated heterocycles. The molecule has 2 atom stereocenters. The second-order valence-electron chi connectivity index (χ2n) is 7.86. The second-order valence-corrected chi connectivity index (χ2v) is 7.86. The molecule has 0 bridgehead atoms. The normalized spacial score (nSPS) is 12.6. The third kappa shape index (κ3) is 8.21. The Morgan fingerprint density at radius 3 is 2.50 bits per heavy atom. The lowest BCUT2D eigenvalue weighted by atomic mass is 9.97. The fourth-order valence-corrected chi connectivity index (χ4v) is 3.45. The molecule has 0 radical (unpaired) electrons. The van der Waals surface area contributed by atoms with Crippen molar-refractivity contribution in [3.05, 3.63) is 53.7 Å². The number of pyridine rings is 1. The Morgan fingerprint density at radius 2 is 1.88 bits per heavy atom. The van der Waals surface area contributed by atoms with Crippen molar-refractivity contribution in [3.63, 3.8) is 0 Å². The van der Waals surface area contributed by atoms with Crippen LogP contribution in [0.3, 0.4) is 0 Å². The highest BCUT2D eigenvalue weighted by Crippen LogP contribution is 2.16. The van der Waals surface area contributed by atoms with Gasteiger partial charge in [-0.1, -0.05) is 44.9 Å². The summed E-state index contributed by atoms with van der Waals surface area (Å²) in [5.74, 6) is 0.183. The predicted molar refractivity (Wildman–Crippen MR) is 126 cm³/mol. The van der Waals surface area contributed by atoms with Gasteiger partial charge in [-0.2, -0.15) is 0 Å². The van der Waals surface area contributed by atoms with Crippen molar-refractivity contribution in [1.29, 1.82) is 0 Å². The summed E-state index contributed by atoms with van der Waals surface area (Å²) >= 11 is 0. The smallest absolute Gasteiger partial charge is 0.326 e. The fraction of sp³-hybridized carbons (Fsp3) is 0.480. The molecule has 7 nitrogen and oxygen atoms in total. The van der Waals surface area contributed by atoms with Crippen LogP contribution in [0.5, 0.6) is 5.75 Å². The van der Waals surface area contributed by atoms with Gasteiger partial charge in [-0.3, -0.25) is 4.79 Å². The van der Waals surface area contributed by atoms with Crippen molar-refractivity contribution in [2.24, 2.45) is 5.92 Å². The van der Waals surface area contributed by atoms with Gasteiger partial charge in [0, 0.05) is 31.5 Å². The van der Waals surface area contributed by atoms with Crippen molar-refractivity contribution in [2.45, 2.75) is 58.4 Å². The van der Waals surface area contributed by atoms with E-state index in [1.807, 2.05) is 56.4 Å². The van der Waals surface area contributed by atoms with Gasteiger partial charge in [-0.05, 0) is 42.7 Å². The van der Waals surface area contributed by atoms with Gasteiger partial charge in [0.1, 0.15) is 17.6 Å². The van der Waals surface area contributed by atoms with Gasteiger partial charge in [-0.15, -0.1) is 0 Å². The Balaban J connectivity index is 1.88. The van der Waals surface area contributed by atoms with E-state index in [1.54, 1.807) is 0 Å². The van der Waals surface area contributed by atoms with Gasteiger partial charge in [-0.25, -0.2) is 9.78 Å². The summed E-state index contributed by atoms with van der Waals surface area (Å²) in [6.45, 7) is 4.53. The van der Waals surface area contributed by atoms with Crippen LogP contribution in [-0.2, 0) is 22.4 Å². The molecule has 3 N–H and O–H groups in total. The molecule has 0 spiro atoms. The van der Waals surface area contributed by atoms with Gasteiger partial charge in [0.15, 0.2) is 0 Å². The van der Waals surface area contributed by atoms with Gasteiger partial charge in [0.05, 0.1) is 6.61 Å². The first-order valence-electron chi connectivity index (χ1n) is 11.3. The molecule has 174 valence electrons. The number of nitrogens with one attached hydrogen (secondary N) is 2. The zero-order chi connectivity index (χ0) is 23.3. The monoisotopic (exact) mass is 441 g/mol. The number of nitrogens with zero attached hydrogens (tertiary/aromatic N) is 1. The van der Waals surface area contributed by atoms with Crippen molar-refractivity contribution in [3.8, 4) is 5.75 Å². The van der Waals surface area contributed by atoms with Crippen LogP contribution in [-0.4, -0.2) is 41.7 Å². The molecule has 2 aromatic rings. The zero-order valence-corrected chi connectivity index (χ0v) is 19.3. The number of anilines is 1. The number of rotatable bonds is 14. The van der Waals surface area contributed by atoms with Crippen LogP contribution >= 0.6 is 0 Å². The molecule has 0 aliphatic rings. The average Bonchev–Trinajstić information content (AvgIpc) is 2.80. The molecule has 1 aromatic heterocycles. The zero-order valence-electron chi connectivity index (χ0n) is 19.3. The SMILES string of the molecule is CCCCC(CC)C(=O)N[C@@H](Cc1ccc(OCCc2cccc(NC)n2)cc1)C(=O)O. The van der Waals surface area contributed by atoms with E-state index in [2.05, 4.69) is 22.5 Å². The standard InChI is InChI=1S/C25H35N3O4/c1-4-6-8-19(5-2)24(29)28-22(25(30)31)17-18-11-13-21(14-12-18)32-16-15-20-9-7-10-23(26-3)27-20/h7,9-14,19,22H,4-6,8,15-17H2,1-3H3,(H,26,27)(H,28,29)(H,30,31)/t19?,22-/m0/s1. The molecular weight excluding hydrogens is 406 g/mol. The summed E-state index contributed by atoms with van der Waals surface area (Å²) in [5, 5.41) is 15.3. The van der Waals surface area contributed by atoms with E-state index in [1.165, 1.54) is 0 Å². The van der Waals surface area contributed by atoms with Gasteiger partial charge >= 0.3 is 5.97 Å². The highest BCUT2D eigenvalue weighted by atomic mass is 16.5. The number of hydrogen-bond donors (Lipinski definition) is 3. The van der Waals surface area contributed by atoms with Crippen LogP contribution in [0.4, 0.5) is 5.82 Å². The van der Waals surface area contributed by atoms with Crippen molar-refractivity contribution in [2.75, 3.05) is 19.0 Å². The van der Waals surface area contributed by atoms with E-state index in [4.69, 9.17) is 4.74 Å². The summed E-state index contributed by atoms with van der Waals surface area (Å²) in [5.41, 5.74) is 1.77. The third-order valence-corrected chi connectivity index (χ3v) is 5.44. The van der Waals surface area contributed by atoms with E-state index < -0.39 is 12.0 Å². The quantitative estimate of drug-likeness (QED) is 0.409. The Bertz CT molecular complexity index is 855. The number of benzene rings is 1. The molecule has 2 rings (SSSR count). The van der Waals surface area contributed by atoms with Gasteiger partial charge in [0.25, 0.3) is 0 Å². The number of aliphatic carboxylic acids is 1. The van der Waals surface area contributed by atoms with E-state index >= 15 is 0 Å². The molecular formula is C25H35N3O4. The Morgan fingerprint density at radius 1 is 1.12 bits per heavy atom. The summed E-state index contributed by atoms with van der Waals surface area (Å²) in [6.07, 6.45) is 4.37.